The Labute approximate surface area is 135 Å². The van der Waals surface area contributed by atoms with Crippen LogP contribution in [0.5, 0.6) is 0 Å². The van der Waals surface area contributed by atoms with Gasteiger partial charge in [-0.3, -0.25) is 4.98 Å². The zero-order chi connectivity index (χ0) is 15.1. The standard InChI is InChI=1S/C14H19N5O2.ClH/c1-4-20-10-7-14(15,13(10,2)3)12-18-11(19-21-12)9-8-16-5-6-17-9;/h5-6,8,10H,4,7,15H2,1-3H3;1H. The van der Waals surface area contributed by atoms with Gasteiger partial charge in [0.25, 0.3) is 0 Å². The molecule has 7 nitrogen and oxygen atoms in total. The molecule has 2 N–H and O–H groups in total. The van der Waals surface area contributed by atoms with Crippen molar-refractivity contribution in [3.05, 3.63) is 24.5 Å². The summed E-state index contributed by atoms with van der Waals surface area (Å²) in [5, 5.41) is 3.96. The summed E-state index contributed by atoms with van der Waals surface area (Å²) in [6.45, 7) is 6.76. The molecule has 1 aliphatic rings. The van der Waals surface area contributed by atoms with Gasteiger partial charge in [-0.05, 0) is 6.92 Å². The predicted molar refractivity (Wildman–Crippen MR) is 82.2 cm³/mol. The number of nitrogens with two attached hydrogens (primary N) is 1. The van der Waals surface area contributed by atoms with E-state index >= 15 is 0 Å². The van der Waals surface area contributed by atoms with Crippen LogP contribution in [0.4, 0.5) is 0 Å². The van der Waals surface area contributed by atoms with Crippen LogP contribution >= 0.6 is 12.4 Å². The number of hydrogen-bond donors (Lipinski definition) is 1. The molecule has 120 valence electrons. The minimum atomic E-state index is -0.680. The van der Waals surface area contributed by atoms with E-state index in [1.807, 2.05) is 6.92 Å². The largest absolute Gasteiger partial charge is 0.378 e. The summed E-state index contributed by atoms with van der Waals surface area (Å²) in [6.07, 6.45) is 5.53. The molecule has 0 amide bonds. The van der Waals surface area contributed by atoms with Gasteiger partial charge in [0, 0.05) is 30.8 Å². The maximum absolute atomic E-state index is 6.50. The van der Waals surface area contributed by atoms with Gasteiger partial charge in [0.05, 0.1) is 12.3 Å². The molecule has 8 heteroatoms. The Morgan fingerprint density at radius 2 is 2.18 bits per heavy atom. The average Bonchev–Trinajstić information content (AvgIpc) is 2.98. The van der Waals surface area contributed by atoms with E-state index in [2.05, 4.69) is 34.0 Å². The first kappa shape index (κ1) is 16.8. The highest BCUT2D eigenvalue weighted by Crippen LogP contribution is 2.55. The zero-order valence-corrected chi connectivity index (χ0v) is 13.6. The maximum atomic E-state index is 6.50. The first-order valence-electron chi connectivity index (χ1n) is 7.00. The Morgan fingerprint density at radius 3 is 2.77 bits per heavy atom. The van der Waals surface area contributed by atoms with Crippen molar-refractivity contribution in [3.8, 4) is 11.5 Å². The molecular weight excluding hydrogens is 306 g/mol. The van der Waals surface area contributed by atoms with Crippen molar-refractivity contribution < 1.29 is 9.26 Å². The molecule has 3 rings (SSSR count). The van der Waals surface area contributed by atoms with Gasteiger partial charge in [-0.2, -0.15) is 4.98 Å². The van der Waals surface area contributed by atoms with E-state index in [0.717, 1.165) is 0 Å². The van der Waals surface area contributed by atoms with Crippen molar-refractivity contribution in [1.29, 1.82) is 0 Å². The predicted octanol–water partition coefficient (Wildman–Crippen LogP) is 1.94. The molecule has 2 atom stereocenters. The number of nitrogens with zero attached hydrogens (tertiary/aromatic N) is 4. The second kappa shape index (κ2) is 5.91. The van der Waals surface area contributed by atoms with Gasteiger partial charge >= 0.3 is 0 Å². The fourth-order valence-electron chi connectivity index (χ4n) is 2.72. The van der Waals surface area contributed by atoms with Gasteiger partial charge in [-0.1, -0.05) is 19.0 Å². The normalized spacial score (nSPS) is 26.1. The monoisotopic (exact) mass is 325 g/mol. The fraction of sp³-hybridized carbons (Fsp3) is 0.571. The van der Waals surface area contributed by atoms with Gasteiger partial charge in [0.15, 0.2) is 0 Å². The molecule has 2 aromatic heterocycles. The van der Waals surface area contributed by atoms with E-state index in [1.165, 1.54) is 0 Å². The molecule has 2 aromatic rings. The van der Waals surface area contributed by atoms with Crippen LogP contribution < -0.4 is 5.73 Å². The van der Waals surface area contributed by atoms with Gasteiger partial charge in [-0.25, -0.2) is 4.98 Å². The second-order valence-electron chi connectivity index (χ2n) is 5.85. The Balaban J connectivity index is 0.00000176. The zero-order valence-electron chi connectivity index (χ0n) is 12.8. The van der Waals surface area contributed by atoms with Crippen molar-refractivity contribution >= 4 is 12.4 Å². The first-order valence-corrected chi connectivity index (χ1v) is 7.00. The van der Waals surface area contributed by atoms with Crippen molar-refractivity contribution in [2.24, 2.45) is 11.1 Å². The van der Waals surface area contributed by atoms with E-state index in [9.17, 15) is 0 Å². The minimum absolute atomic E-state index is 0. The van der Waals surface area contributed by atoms with Crippen LogP contribution in [0.3, 0.4) is 0 Å². The molecule has 0 saturated heterocycles. The Morgan fingerprint density at radius 1 is 1.41 bits per heavy atom. The molecule has 0 bridgehead atoms. The number of aromatic nitrogens is 4. The van der Waals surface area contributed by atoms with Crippen molar-refractivity contribution in [3.63, 3.8) is 0 Å². The van der Waals surface area contributed by atoms with Crippen molar-refractivity contribution in [1.82, 2.24) is 20.1 Å². The van der Waals surface area contributed by atoms with Crippen LogP contribution in [0.1, 0.15) is 33.1 Å². The summed E-state index contributed by atoms with van der Waals surface area (Å²) in [6, 6.07) is 0. The lowest BCUT2D eigenvalue weighted by molar-refractivity contribution is -0.162. The third-order valence-electron chi connectivity index (χ3n) is 4.43. The number of ether oxygens (including phenoxy) is 1. The van der Waals surface area contributed by atoms with Crippen LogP contribution in [0, 0.1) is 5.41 Å². The minimum Gasteiger partial charge on any atom is -0.378 e. The summed E-state index contributed by atoms with van der Waals surface area (Å²) >= 11 is 0. The Bertz CT molecular complexity index is 633. The molecule has 2 heterocycles. The summed E-state index contributed by atoms with van der Waals surface area (Å²) in [5.74, 6) is 0.822. The summed E-state index contributed by atoms with van der Waals surface area (Å²) in [5.41, 5.74) is 6.12. The highest BCUT2D eigenvalue weighted by atomic mass is 35.5. The van der Waals surface area contributed by atoms with E-state index in [1.54, 1.807) is 18.6 Å². The Hall–Kier alpha value is -1.57. The van der Waals surface area contributed by atoms with E-state index < -0.39 is 5.54 Å². The second-order valence-corrected chi connectivity index (χ2v) is 5.85. The maximum Gasteiger partial charge on any atom is 0.247 e. The highest BCUT2D eigenvalue weighted by molar-refractivity contribution is 5.85. The van der Waals surface area contributed by atoms with Crippen LogP contribution in [0.15, 0.2) is 23.1 Å². The van der Waals surface area contributed by atoms with Crippen LogP contribution in [-0.2, 0) is 10.3 Å². The van der Waals surface area contributed by atoms with Crippen molar-refractivity contribution in [2.45, 2.75) is 38.8 Å². The average molecular weight is 326 g/mol. The topological polar surface area (TPSA) is 100.0 Å². The van der Waals surface area contributed by atoms with Crippen LogP contribution in [0.2, 0.25) is 0 Å². The van der Waals surface area contributed by atoms with Gasteiger partial charge in [-0.15, -0.1) is 12.4 Å². The molecule has 2 unspecified atom stereocenters. The SMILES string of the molecule is CCOC1CC(N)(c2nc(-c3cnccn3)no2)C1(C)C.Cl. The third-order valence-corrected chi connectivity index (χ3v) is 4.43. The van der Waals surface area contributed by atoms with Crippen LogP contribution in [-0.4, -0.2) is 32.8 Å². The fourth-order valence-corrected chi connectivity index (χ4v) is 2.72. The summed E-state index contributed by atoms with van der Waals surface area (Å²) in [7, 11) is 0. The summed E-state index contributed by atoms with van der Waals surface area (Å²) in [4.78, 5) is 12.6. The van der Waals surface area contributed by atoms with E-state index in [-0.39, 0.29) is 23.9 Å². The molecule has 0 aromatic carbocycles. The third kappa shape index (κ3) is 2.39. The Kier molecular flexibility index (Phi) is 4.51. The summed E-state index contributed by atoms with van der Waals surface area (Å²) < 4.78 is 11.1. The van der Waals surface area contributed by atoms with Gasteiger partial charge in [0.2, 0.25) is 11.7 Å². The van der Waals surface area contributed by atoms with Crippen LogP contribution in [0.25, 0.3) is 11.5 Å². The van der Waals surface area contributed by atoms with E-state index in [0.29, 0.717) is 30.4 Å². The van der Waals surface area contributed by atoms with Gasteiger partial charge in [0.1, 0.15) is 11.2 Å². The lowest BCUT2D eigenvalue weighted by atomic mass is 9.54. The molecule has 0 radical (unpaired) electrons. The van der Waals surface area contributed by atoms with E-state index in [4.69, 9.17) is 15.0 Å². The molecular formula is C14H20ClN5O2. The molecule has 0 aliphatic heterocycles. The van der Waals surface area contributed by atoms with Gasteiger partial charge < -0.3 is 15.0 Å². The molecule has 22 heavy (non-hydrogen) atoms. The number of halogens is 1. The molecule has 1 saturated carbocycles. The highest BCUT2D eigenvalue weighted by Gasteiger charge is 2.62. The lowest BCUT2D eigenvalue weighted by Gasteiger charge is -2.56. The quantitative estimate of drug-likeness (QED) is 0.916. The molecule has 1 aliphatic carbocycles. The number of hydrogen-bond acceptors (Lipinski definition) is 7. The smallest absolute Gasteiger partial charge is 0.247 e. The first-order chi connectivity index (χ1) is 9.99. The molecule has 1 fully saturated rings. The lowest BCUT2D eigenvalue weighted by Crippen LogP contribution is -2.67. The molecule has 0 spiro atoms. The number of rotatable bonds is 4. The van der Waals surface area contributed by atoms with Crippen molar-refractivity contribution in [2.75, 3.05) is 6.61 Å².